The van der Waals surface area contributed by atoms with E-state index < -0.39 is 17.7 Å². The van der Waals surface area contributed by atoms with Gasteiger partial charge in [0.2, 0.25) is 5.78 Å². The Labute approximate surface area is 116 Å². The topological polar surface area (TPSA) is 43.4 Å². The zero-order valence-electron chi connectivity index (χ0n) is 10.8. The van der Waals surface area contributed by atoms with Crippen LogP contribution in [-0.4, -0.2) is 18.4 Å². The van der Waals surface area contributed by atoms with Crippen LogP contribution in [0.2, 0.25) is 0 Å². The number of esters is 1. The van der Waals surface area contributed by atoms with Crippen molar-refractivity contribution in [3.05, 3.63) is 34.3 Å². The summed E-state index contributed by atoms with van der Waals surface area (Å²) in [5.74, 6) is -1.69. The number of rotatable bonds is 5. The summed E-state index contributed by atoms with van der Waals surface area (Å²) in [4.78, 5) is 23.7. The largest absolute Gasteiger partial charge is 0.460 e. The zero-order chi connectivity index (χ0) is 13.7. The number of ether oxygens (including phenoxy) is 1. The van der Waals surface area contributed by atoms with Crippen molar-refractivity contribution in [3.63, 3.8) is 0 Å². The smallest absolute Gasteiger partial charge is 0.375 e. The molecule has 1 atom stereocenters. The van der Waals surface area contributed by atoms with Gasteiger partial charge in [-0.15, -0.1) is 0 Å². The third-order valence-corrected chi connectivity index (χ3v) is 3.39. The quantitative estimate of drug-likeness (QED) is 0.619. The highest BCUT2D eigenvalue weighted by Crippen LogP contribution is 2.31. The molecular weight excluding hydrogens is 296 g/mol. The van der Waals surface area contributed by atoms with Crippen molar-refractivity contribution >= 4 is 27.7 Å². The summed E-state index contributed by atoms with van der Waals surface area (Å²) >= 11 is 3.42. The number of halogens is 1. The molecule has 0 aromatic heterocycles. The maximum Gasteiger partial charge on any atom is 0.375 e. The van der Waals surface area contributed by atoms with Crippen LogP contribution in [0.4, 0.5) is 0 Å². The van der Waals surface area contributed by atoms with Gasteiger partial charge in [0.25, 0.3) is 0 Å². The normalized spacial score (nSPS) is 12.3. The fourth-order valence-corrected chi connectivity index (χ4v) is 2.39. The summed E-state index contributed by atoms with van der Waals surface area (Å²) in [5, 5.41) is 0. The van der Waals surface area contributed by atoms with Gasteiger partial charge in [0, 0.05) is 4.47 Å². The first-order valence-electron chi connectivity index (χ1n) is 5.94. The van der Waals surface area contributed by atoms with Gasteiger partial charge in [0.05, 0.1) is 12.5 Å². The molecule has 0 aliphatic heterocycles. The van der Waals surface area contributed by atoms with E-state index in [9.17, 15) is 9.59 Å². The number of benzene rings is 1. The van der Waals surface area contributed by atoms with Gasteiger partial charge < -0.3 is 4.74 Å². The molecule has 0 fully saturated rings. The molecule has 0 saturated heterocycles. The molecule has 1 unspecified atom stereocenters. The Morgan fingerprint density at radius 3 is 2.39 bits per heavy atom. The second-order valence-corrected chi connectivity index (χ2v) is 5.18. The molecule has 1 rings (SSSR count). The summed E-state index contributed by atoms with van der Waals surface area (Å²) in [6, 6.07) is 7.45. The molecule has 0 amide bonds. The molecule has 1 aromatic rings. The van der Waals surface area contributed by atoms with E-state index in [0.29, 0.717) is 0 Å². The number of hydrogen-bond acceptors (Lipinski definition) is 3. The van der Waals surface area contributed by atoms with E-state index >= 15 is 0 Å². The van der Waals surface area contributed by atoms with Gasteiger partial charge in [0.1, 0.15) is 0 Å². The standard InChI is InChI=1S/C14H17BrO3/c1-4-18-14(17)13(16)12(9(2)3)10-7-5-6-8-11(10)15/h5-9,12H,4H2,1-3H3. The molecule has 0 saturated carbocycles. The van der Waals surface area contributed by atoms with Crippen molar-refractivity contribution in [1.82, 2.24) is 0 Å². The SMILES string of the molecule is CCOC(=O)C(=O)C(c1ccccc1Br)C(C)C. The monoisotopic (exact) mass is 312 g/mol. The van der Waals surface area contributed by atoms with E-state index in [1.54, 1.807) is 6.92 Å². The van der Waals surface area contributed by atoms with Crippen LogP contribution in [0.1, 0.15) is 32.3 Å². The lowest BCUT2D eigenvalue weighted by molar-refractivity contribution is -0.154. The molecule has 4 heteroatoms. The minimum atomic E-state index is -0.757. The highest BCUT2D eigenvalue weighted by atomic mass is 79.9. The number of carbonyl (C=O) groups excluding carboxylic acids is 2. The first-order valence-corrected chi connectivity index (χ1v) is 6.73. The highest BCUT2D eigenvalue weighted by Gasteiger charge is 2.31. The molecule has 0 radical (unpaired) electrons. The van der Waals surface area contributed by atoms with Crippen LogP contribution in [0.5, 0.6) is 0 Å². The third-order valence-electron chi connectivity index (χ3n) is 2.67. The minimum absolute atomic E-state index is 0.0283. The van der Waals surface area contributed by atoms with Crippen LogP contribution in [0.25, 0.3) is 0 Å². The van der Waals surface area contributed by atoms with E-state index in [1.165, 1.54) is 0 Å². The van der Waals surface area contributed by atoms with Crippen LogP contribution in [0.3, 0.4) is 0 Å². The lowest BCUT2D eigenvalue weighted by Gasteiger charge is -2.20. The van der Waals surface area contributed by atoms with Gasteiger partial charge >= 0.3 is 5.97 Å². The molecule has 0 aliphatic rings. The highest BCUT2D eigenvalue weighted by molar-refractivity contribution is 9.10. The molecule has 1 aromatic carbocycles. The minimum Gasteiger partial charge on any atom is -0.460 e. The number of carbonyl (C=O) groups is 2. The van der Waals surface area contributed by atoms with Gasteiger partial charge in [-0.3, -0.25) is 4.79 Å². The molecule has 0 aliphatic carbocycles. The van der Waals surface area contributed by atoms with Gasteiger partial charge in [-0.25, -0.2) is 4.79 Å². The van der Waals surface area contributed by atoms with Gasteiger partial charge in [-0.2, -0.15) is 0 Å². The zero-order valence-corrected chi connectivity index (χ0v) is 12.4. The number of Topliss-reactive ketones (excluding diaryl/α,β-unsaturated/α-hetero) is 1. The van der Waals surface area contributed by atoms with Crippen LogP contribution >= 0.6 is 15.9 Å². The van der Waals surface area contributed by atoms with Crippen LogP contribution in [0.15, 0.2) is 28.7 Å². The molecule has 0 spiro atoms. The number of hydrogen-bond donors (Lipinski definition) is 0. The van der Waals surface area contributed by atoms with E-state index in [1.807, 2.05) is 38.1 Å². The van der Waals surface area contributed by atoms with E-state index in [0.717, 1.165) is 10.0 Å². The molecule has 18 heavy (non-hydrogen) atoms. The van der Waals surface area contributed by atoms with E-state index in [4.69, 9.17) is 4.74 Å². The average Bonchev–Trinajstić information content (AvgIpc) is 2.31. The first-order chi connectivity index (χ1) is 8.49. The fraction of sp³-hybridized carbons (Fsp3) is 0.429. The maximum atomic E-state index is 12.1. The average molecular weight is 313 g/mol. The Hall–Kier alpha value is -1.16. The lowest BCUT2D eigenvalue weighted by atomic mass is 9.85. The Bertz CT molecular complexity index is 440. The van der Waals surface area contributed by atoms with Gasteiger partial charge in [-0.05, 0) is 24.5 Å². The fourth-order valence-electron chi connectivity index (χ4n) is 1.86. The van der Waals surface area contributed by atoms with Crippen LogP contribution in [0, 0.1) is 5.92 Å². The molecular formula is C14H17BrO3. The predicted molar refractivity (Wildman–Crippen MR) is 73.4 cm³/mol. The Kier molecular flexibility index (Phi) is 5.54. The summed E-state index contributed by atoms with van der Waals surface area (Å²) in [5.41, 5.74) is 0.825. The summed E-state index contributed by atoms with van der Waals surface area (Å²) in [7, 11) is 0. The Balaban J connectivity index is 3.08. The van der Waals surface area contributed by atoms with E-state index in [-0.39, 0.29) is 12.5 Å². The van der Waals surface area contributed by atoms with Crippen molar-refractivity contribution in [2.24, 2.45) is 5.92 Å². The van der Waals surface area contributed by atoms with Crippen molar-refractivity contribution in [2.75, 3.05) is 6.61 Å². The maximum absolute atomic E-state index is 12.1. The van der Waals surface area contributed by atoms with Crippen molar-refractivity contribution in [2.45, 2.75) is 26.7 Å². The molecule has 0 bridgehead atoms. The molecule has 0 heterocycles. The molecule has 0 N–H and O–H groups in total. The summed E-state index contributed by atoms with van der Waals surface area (Å²) in [6.07, 6.45) is 0. The first kappa shape index (κ1) is 14.9. The Morgan fingerprint density at radius 1 is 1.28 bits per heavy atom. The van der Waals surface area contributed by atoms with Crippen LogP contribution < -0.4 is 0 Å². The predicted octanol–water partition coefficient (Wildman–Crippen LogP) is 3.32. The second-order valence-electron chi connectivity index (χ2n) is 4.33. The second kappa shape index (κ2) is 6.69. The van der Waals surface area contributed by atoms with E-state index in [2.05, 4.69) is 15.9 Å². The van der Waals surface area contributed by atoms with Gasteiger partial charge in [0.15, 0.2) is 0 Å². The molecule has 3 nitrogen and oxygen atoms in total. The lowest BCUT2D eigenvalue weighted by Crippen LogP contribution is -2.28. The van der Waals surface area contributed by atoms with Crippen molar-refractivity contribution < 1.29 is 14.3 Å². The number of ketones is 1. The van der Waals surface area contributed by atoms with Crippen LogP contribution in [-0.2, 0) is 14.3 Å². The molecule has 98 valence electrons. The Morgan fingerprint density at radius 2 is 1.89 bits per heavy atom. The van der Waals surface area contributed by atoms with Crippen molar-refractivity contribution in [3.8, 4) is 0 Å². The van der Waals surface area contributed by atoms with Crippen molar-refractivity contribution in [1.29, 1.82) is 0 Å². The summed E-state index contributed by atoms with van der Waals surface area (Å²) in [6.45, 7) is 5.74. The van der Waals surface area contributed by atoms with Gasteiger partial charge in [-0.1, -0.05) is 48.0 Å². The third kappa shape index (κ3) is 3.42. The summed E-state index contributed by atoms with van der Waals surface area (Å²) < 4.78 is 5.63.